The van der Waals surface area contributed by atoms with Gasteiger partial charge in [0.25, 0.3) is 0 Å². The summed E-state index contributed by atoms with van der Waals surface area (Å²) in [5, 5.41) is 12.4. The molecule has 0 amide bonds. The van der Waals surface area contributed by atoms with Gasteiger partial charge in [-0.05, 0) is 12.5 Å². The molecule has 0 saturated carbocycles. The maximum atomic E-state index is 9.02. The molecular formula is C14H19N3. The number of rotatable bonds is 3. The van der Waals surface area contributed by atoms with E-state index in [-0.39, 0.29) is 6.04 Å². The molecule has 90 valence electrons. The molecule has 0 spiro atoms. The van der Waals surface area contributed by atoms with E-state index in [4.69, 9.17) is 5.26 Å². The lowest BCUT2D eigenvalue weighted by Gasteiger charge is -2.39. The van der Waals surface area contributed by atoms with E-state index in [1.54, 1.807) is 0 Å². The highest BCUT2D eigenvalue weighted by molar-refractivity contribution is 5.20. The first-order chi connectivity index (χ1) is 8.33. The zero-order valence-corrected chi connectivity index (χ0v) is 10.3. The van der Waals surface area contributed by atoms with Gasteiger partial charge in [-0.2, -0.15) is 5.26 Å². The second kappa shape index (κ2) is 5.81. The first-order valence-corrected chi connectivity index (χ1v) is 6.21. The van der Waals surface area contributed by atoms with Crippen LogP contribution in [-0.4, -0.2) is 30.6 Å². The molecule has 1 aromatic rings. The summed E-state index contributed by atoms with van der Waals surface area (Å²) in [5.74, 6) is 0. The Kier molecular flexibility index (Phi) is 4.13. The number of nitriles is 1. The van der Waals surface area contributed by atoms with Crippen LogP contribution in [0.4, 0.5) is 0 Å². The molecule has 0 aromatic heterocycles. The highest BCUT2D eigenvalue weighted by Gasteiger charge is 2.26. The van der Waals surface area contributed by atoms with Gasteiger partial charge in [0.1, 0.15) is 0 Å². The predicted octanol–water partition coefficient (Wildman–Crippen LogP) is 1.94. The third-order valence-corrected chi connectivity index (χ3v) is 3.42. The Labute approximate surface area is 103 Å². The number of piperazine rings is 1. The van der Waals surface area contributed by atoms with Crippen LogP contribution in [0.15, 0.2) is 30.3 Å². The van der Waals surface area contributed by atoms with Gasteiger partial charge in [0, 0.05) is 31.7 Å². The third kappa shape index (κ3) is 2.85. The number of benzene rings is 1. The molecule has 1 heterocycles. The highest BCUT2D eigenvalue weighted by Crippen LogP contribution is 2.26. The van der Waals surface area contributed by atoms with Gasteiger partial charge < -0.3 is 5.32 Å². The smallest absolute Gasteiger partial charge is 0.0641 e. The fourth-order valence-electron chi connectivity index (χ4n) is 2.51. The Bertz CT molecular complexity index is 382. The van der Waals surface area contributed by atoms with Crippen LogP contribution in [0.5, 0.6) is 0 Å². The fourth-order valence-corrected chi connectivity index (χ4v) is 2.51. The second-order valence-electron chi connectivity index (χ2n) is 4.58. The Morgan fingerprint density at radius 3 is 2.88 bits per heavy atom. The van der Waals surface area contributed by atoms with Crippen LogP contribution in [0.25, 0.3) is 0 Å². The summed E-state index contributed by atoms with van der Waals surface area (Å²) in [5.41, 5.74) is 1.25. The minimum atomic E-state index is 0.235. The Morgan fingerprint density at radius 1 is 1.47 bits per heavy atom. The normalized spacial score (nSPS) is 22.9. The molecule has 2 rings (SSSR count). The summed E-state index contributed by atoms with van der Waals surface area (Å²) in [6, 6.07) is 13.4. The van der Waals surface area contributed by atoms with Crippen molar-refractivity contribution >= 4 is 0 Å². The summed E-state index contributed by atoms with van der Waals surface area (Å²) < 4.78 is 0. The van der Waals surface area contributed by atoms with Crippen LogP contribution >= 0.6 is 0 Å². The minimum absolute atomic E-state index is 0.235. The van der Waals surface area contributed by atoms with Crippen molar-refractivity contribution in [1.29, 1.82) is 5.26 Å². The molecule has 3 heteroatoms. The van der Waals surface area contributed by atoms with Gasteiger partial charge in [0.15, 0.2) is 0 Å². The molecule has 1 fully saturated rings. The number of hydrogen-bond donors (Lipinski definition) is 1. The minimum Gasteiger partial charge on any atom is -0.314 e. The zero-order chi connectivity index (χ0) is 12.1. The van der Waals surface area contributed by atoms with E-state index in [0.717, 1.165) is 19.6 Å². The average molecular weight is 229 g/mol. The topological polar surface area (TPSA) is 39.1 Å². The molecular weight excluding hydrogens is 210 g/mol. The molecule has 1 N–H and O–H groups in total. The zero-order valence-electron chi connectivity index (χ0n) is 10.3. The number of nitrogens with one attached hydrogen (secondary N) is 1. The molecule has 1 unspecified atom stereocenters. The van der Waals surface area contributed by atoms with Crippen LogP contribution in [-0.2, 0) is 0 Å². The van der Waals surface area contributed by atoms with E-state index >= 15 is 0 Å². The molecule has 0 aliphatic carbocycles. The molecule has 0 bridgehead atoms. The number of hydrogen-bond acceptors (Lipinski definition) is 3. The van der Waals surface area contributed by atoms with Crippen molar-refractivity contribution in [1.82, 2.24) is 10.2 Å². The van der Waals surface area contributed by atoms with Gasteiger partial charge in [0.05, 0.1) is 12.5 Å². The summed E-state index contributed by atoms with van der Waals surface area (Å²) in [6.07, 6.45) is 0.564. The van der Waals surface area contributed by atoms with Gasteiger partial charge in [-0.25, -0.2) is 0 Å². The lowest BCUT2D eigenvalue weighted by atomic mass is 10.00. The van der Waals surface area contributed by atoms with Crippen LogP contribution in [0.1, 0.15) is 24.9 Å². The van der Waals surface area contributed by atoms with E-state index in [0.29, 0.717) is 12.5 Å². The molecule has 0 radical (unpaired) electrons. The quantitative estimate of drug-likeness (QED) is 0.861. The molecule has 1 saturated heterocycles. The van der Waals surface area contributed by atoms with Crippen LogP contribution in [0.2, 0.25) is 0 Å². The van der Waals surface area contributed by atoms with Crippen LogP contribution in [0.3, 0.4) is 0 Å². The summed E-state index contributed by atoms with van der Waals surface area (Å²) in [6.45, 7) is 5.26. The Morgan fingerprint density at radius 2 is 2.24 bits per heavy atom. The van der Waals surface area contributed by atoms with Gasteiger partial charge in [-0.3, -0.25) is 4.90 Å². The SMILES string of the molecule is C[C@H]1CNCCN1C(CC#N)c1ccccc1. The average Bonchev–Trinajstić information content (AvgIpc) is 2.38. The number of nitrogens with zero attached hydrogens (tertiary/aromatic N) is 2. The van der Waals surface area contributed by atoms with E-state index in [1.165, 1.54) is 5.56 Å². The van der Waals surface area contributed by atoms with E-state index in [9.17, 15) is 0 Å². The monoisotopic (exact) mass is 229 g/mol. The summed E-state index contributed by atoms with van der Waals surface area (Å²) in [4.78, 5) is 2.44. The van der Waals surface area contributed by atoms with Crippen molar-refractivity contribution in [2.24, 2.45) is 0 Å². The summed E-state index contributed by atoms with van der Waals surface area (Å²) in [7, 11) is 0. The molecule has 2 atom stereocenters. The Balaban J connectivity index is 2.20. The Hall–Kier alpha value is -1.37. The first-order valence-electron chi connectivity index (χ1n) is 6.21. The molecule has 1 aliphatic heterocycles. The van der Waals surface area contributed by atoms with Gasteiger partial charge >= 0.3 is 0 Å². The van der Waals surface area contributed by atoms with Crippen molar-refractivity contribution < 1.29 is 0 Å². The molecule has 3 nitrogen and oxygen atoms in total. The molecule has 1 aliphatic rings. The second-order valence-corrected chi connectivity index (χ2v) is 4.58. The standard InChI is InChI=1S/C14H19N3/c1-12-11-16-9-10-17(12)14(7-8-15)13-5-3-2-4-6-13/h2-6,12,14,16H,7,9-11H2,1H3/t12-,14?/m0/s1. The van der Waals surface area contributed by atoms with Gasteiger partial charge in [-0.15, -0.1) is 0 Å². The van der Waals surface area contributed by atoms with E-state index < -0.39 is 0 Å². The van der Waals surface area contributed by atoms with Crippen LogP contribution < -0.4 is 5.32 Å². The lowest BCUT2D eigenvalue weighted by molar-refractivity contribution is 0.118. The van der Waals surface area contributed by atoms with Crippen LogP contribution in [0, 0.1) is 11.3 Å². The predicted molar refractivity (Wildman–Crippen MR) is 68.5 cm³/mol. The molecule has 17 heavy (non-hydrogen) atoms. The fraction of sp³-hybridized carbons (Fsp3) is 0.500. The summed E-state index contributed by atoms with van der Waals surface area (Å²) >= 11 is 0. The van der Waals surface area contributed by atoms with Crippen molar-refractivity contribution in [3.63, 3.8) is 0 Å². The largest absolute Gasteiger partial charge is 0.314 e. The van der Waals surface area contributed by atoms with Gasteiger partial charge in [0.2, 0.25) is 0 Å². The molecule has 1 aromatic carbocycles. The van der Waals surface area contributed by atoms with Gasteiger partial charge in [-0.1, -0.05) is 30.3 Å². The van der Waals surface area contributed by atoms with Crippen molar-refractivity contribution in [2.75, 3.05) is 19.6 Å². The van der Waals surface area contributed by atoms with E-state index in [1.807, 2.05) is 18.2 Å². The maximum Gasteiger partial charge on any atom is 0.0641 e. The van der Waals surface area contributed by atoms with E-state index in [2.05, 4.69) is 35.3 Å². The maximum absolute atomic E-state index is 9.02. The first kappa shape index (κ1) is 12.1. The van der Waals surface area contributed by atoms with Crippen molar-refractivity contribution in [3.05, 3.63) is 35.9 Å². The van der Waals surface area contributed by atoms with Crippen molar-refractivity contribution in [2.45, 2.75) is 25.4 Å². The highest BCUT2D eigenvalue weighted by atomic mass is 15.2. The van der Waals surface area contributed by atoms with Crippen molar-refractivity contribution in [3.8, 4) is 6.07 Å². The third-order valence-electron chi connectivity index (χ3n) is 3.42. The lowest BCUT2D eigenvalue weighted by Crippen LogP contribution is -2.51.